The van der Waals surface area contributed by atoms with Crippen LogP contribution in [-0.2, 0) is 22.0 Å². The van der Waals surface area contributed by atoms with E-state index in [2.05, 4.69) is 48.5 Å². The largest absolute Gasteiger partial charge is 0.496 e. The number of hydrogen-bond donors (Lipinski definition) is 0. The fourth-order valence-corrected chi connectivity index (χ4v) is 3.75. The minimum atomic E-state index is 0.834. The van der Waals surface area contributed by atoms with Gasteiger partial charge in [0.15, 0.2) is 0 Å². The lowest BCUT2D eigenvalue weighted by atomic mass is 9.86. The van der Waals surface area contributed by atoms with Gasteiger partial charge in [-0.25, -0.2) is 0 Å². The maximum Gasteiger partial charge on any atom is 0.354 e. The molecule has 0 heterocycles. The monoisotopic (exact) mass is 329 g/mol. The van der Waals surface area contributed by atoms with Crippen LogP contribution in [0.4, 0.5) is 0 Å². The number of allylic oxidation sites excluding steroid dienone is 4. The molecule has 2 aliphatic carbocycles. The number of ketones is 1. The second kappa shape index (κ2) is 6.56. The van der Waals surface area contributed by atoms with Gasteiger partial charge in [-0.1, -0.05) is 48.5 Å². The van der Waals surface area contributed by atoms with Crippen molar-refractivity contribution < 1.29 is 9.16 Å². The van der Waals surface area contributed by atoms with Gasteiger partial charge < -0.3 is 4.74 Å². The zero-order valence-corrected chi connectivity index (χ0v) is 14.6. The van der Waals surface area contributed by atoms with Crippen molar-refractivity contribution in [2.45, 2.75) is 12.8 Å². The normalized spacial score (nSPS) is 17.7. The van der Waals surface area contributed by atoms with Gasteiger partial charge in [0.1, 0.15) is 11.3 Å². The number of rotatable bonds is 1. The van der Waals surface area contributed by atoms with Crippen molar-refractivity contribution in [2.24, 2.45) is 0 Å². The van der Waals surface area contributed by atoms with Crippen LogP contribution in [0.3, 0.4) is 0 Å². The van der Waals surface area contributed by atoms with Gasteiger partial charge in [-0.05, 0) is 47.2 Å². The number of hydrogen-bond acceptors (Lipinski definition) is 1. The van der Waals surface area contributed by atoms with Crippen LogP contribution in [0.2, 0.25) is 0 Å². The van der Waals surface area contributed by atoms with E-state index in [1.165, 1.54) is 27.8 Å². The molecule has 2 nitrogen and oxygen atoms in total. The number of fused-ring (bicyclic) bond motifs is 2. The average molecular weight is 329 g/mol. The Morgan fingerprint density at radius 3 is 2.00 bits per heavy atom. The van der Waals surface area contributed by atoms with Gasteiger partial charge in [0.25, 0.3) is 7.11 Å². The van der Waals surface area contributed by atoms with Crippen molar-refractivity contribution >= 4 is 11.4 Å². The van der Waals surface area contributed by atoms with Crippen molar-refractivity contribution in [2.75, 3.05) is 14.2 Å². The average Bonchev–Trinajstić information content (AvgIpc) is 2.84. The lowest BCUT2D eigenvalue weighted by Crippen LogP contribution is -2.13. The Labute approximate surface area is 148 Å². The van der Waals surface area contributed by atoms with Crippen LogP contribution in [0.1, 0.15) is 22.3 Å². The molecule has 4 rings (SSSR count). The van der Waals surface area contributed by atoms with E-state index < -0.39 is 0 Å². The zero-order valence-electron chi connectivity index (χ0n) is 14.6. The first kappa shape index (κ1) is 15.6. The van der Waals surface area contributed by atoms with Crippen molar-refractivity contribution in [3.05, 3.63) is 100 Å². The van der Waals surface area contributed by atoms with E-state index in [4.69, 9.17) is 9.16 Å². The van der Waals surface area contributed by atoms with Gasteiger partial charge in [-0.15, -0.1) is 0 Å². The summed E-state index contributed by atoms with van der Waals surface area (Å²) < 4.78 is 11.4. The van der Waals surface area contributed by atoms with Crippen LogP contribution in [0, 0.1) is 0 Å². The van der Waals surface area contributed by atoms with E-state index in [9.17, 15) is 0 Å². The van der Waals surface area contributed by atoms with Gasteiger partial charge in [0.05, 0.1) is 7.11 Å². The summed E-state index contributed by atoms with van der Waals surface area (Å²) >= 11 is 0. The van der Waals surface area contributed by atoms with Crippen LogP contribution >= 0.6 is 0 Å². The molecule has 0 saturated heterocycles. The molecule has 0 saturated carbocycles. The van der Waals surface area contributed by atoms with Gasteiger partial charge in [-0.2, -0.15) is 0 Å². The number of aryl methyl sites for hydroxylation is 2. The first-order valence-electron chi connectivity index (χ1n) is 8.58. The maximum atomic E-state index is 5.71. The Balaban J connectivity index is 2.12. The predicted octanol–water partition coefficient (Wildman–Crippen LogP) is 4.42. The van der Waals surface area contributed by atoms with E-state index in [1.54, 1.807) is 14.2 Å². The highest BCUT2D eigenvalue weighted by atomic mass is 16.5. The minimum absolute atomic E-state index is 0.834. The summed E-state index contributed by atoms with van der Waals surface area (Å²) in [6.07, 6.45) is 8.04. The minimum Gasteiger partial charge on any atom is -0.496 e. The molecule has 2 heteroatoms. The summed E-state index contributed by atoms with van der Waals surface area (Å²) in [6.45, 7) is 0. The quantitative estimate of drug-likeness (QED) is 0.560. The number of carbonyl (C=O) groups excluding carboxylic acids is 1. The van der Waals surface area contributed by atoms with Crippen LogP contribution in [0.15, 0.2) is 78.1 Å². The Hall–Kier alpha value is -2.87. The van der Waals surface area contributed by atoms with Crippen LogP contribution in [0.5, 0.6) is 0 Å². The molecule has 0 unspecified atom stereocenters. The molecule has 0 spiro atoms. The molecule has 0 fully saturated rings. The van der Waals surface area contributed by atoms with Crippen LogP contribution in [-0.4, -0.2) is 20.0 Å². The van der Waals surface area contributed by atoms with Gasteiger partial charge in [0, 0.05) is 11.6 Å². The highest BCUT2D eigenvalue weighted by molar-refractivity contribution is 6.16. The summed E-state index contributed by atoms with van der Waals surface area (Å²) in [5, 5.41) is 0. The molecule has 0 radical (unpaired) electrons. The summed E-state index contributed by atoms with van der Waals surface area (Å²) in [7, 11) is 3.43. The molecule has 0 N–H and O–H groups in total. The number of benzene rings is 2. The standard InChI is InChI=1S/C23H21O2/c1-24-20-12-7-13-21(25-2)23(20)22-18-10-5-3-8-16(18)14-15-17-9-4-6-11-19(17)22/h3-13H,14-15H2,1-2H3/q+1. The molecule has 2 aliphatic rings. The molecular weight excluding hydrogens is 308 g/mol. The SMILES string of the molecule is COC1=CC=CC(=[O+]C)C1=C1c2ccccc2CCc2ccccc21. The van der Waals surface area contributed by atoms with Crippen LogP contribution in [0.25, 0.3) is 5.57 Å². The first-order chi connectivity index (χ1) is 12.3. The number of methoxy groups -OCH3 is 1. The molecule has 25 heavy (non-hydrogen) atoms. The Bertz CT molecular complexity index is 893. The molecule has 0 aromatic heterocycles. The van der Waals surface area contributed by atoms with Crippen molar-refractivity contribution in [1.82, 2.24) is 0 Å². The Morgan fingerprint density at radius 2 is 1.44 bits per heavy atom. The zero-order chi connectivity index (χ0) is 17.2. The third-order valence-electron chi connectivity index (χ3n) is 4.91. The molecule has 0 amide bonds. The summed E-state index contributed by atoms with van der Waals surface area (Å²) in [5.74, 6) is 1.67. The Morgan fingerprint density at radius 1 is 0.840 bits per heavy atom. The lowest BCUT2D eigenvalue weighted by Gasteiger charge is -2.18. The van der Waals surface area contributed by atoms with E-state index in [1.807, 2.05) is 18.2 Å². The molecule has 0 bridgehead atoms. The first-order valence-corrected chi connectivity index (χ1v) is 8.58. The van der Waals surface area contributed by atoms with E-state index in [0.717, 1.165) is 30.0 Å². The highest BCUT2D eigenvalue weighted by Crippen LogP contribution is 2.38. The molecule has 2 aromatic rings. The molecule has 0 atom stereocenters. The molecule has 2 aromatic carbocycles. The van der Waals surface area contributed by atoms with Crippen molar-refractivity contribution in [3.8, 4) is 0 Å². The summed E-state index contributed by atoms with van der Waals surface area (Å²) in [4.78, 5) is 0. The summed E-state index contributed by atoms with van der Waals surface area (Å²) in [5.41, 5.74) is 7.46. The number of ether oxygens (including phenoxy) is 1. The van der Waals surface area contributed by atoms with Crippen molar-refractivity contribution in [1.29, 1.82) is 0 Å². The molecule has 0 aliphatic heterocycles. The highest BCUT2D eigenvalue weighted by Gasteiger charge is 2.31. The van der Waals surface area contributed by atoms with Gasteiger partial charge >= 0.3 is 5.78 Å². The third kappa shape index (κ3) is 2.64. The summed E-state index contributed by atoms with van der Waals surface area (Å²) in [6, 6.07) is 17.3. The topological polar surface area (TPSA) is 20.5 Å². The fourth-order valence-electron chi connectivity index (χ4n) is 3.75. The predicted molar refractivity (Wildman–Crippen MR) is 101 cm³/mol. The fraction of sp³-hybridized carbons (Fsp3) is 0.174. The van der Waals surface area contributed by atoms with Crippen molar-refractivity contribution in [3.63, 3.8) is 0 Å². The second-order valence-corrected chi connectivity index (χ2v) is 6.23. The van der Waals surface area contributed by atoms with Gasteiger partial charge in [-0.3, -0.25) is 4.42 Å². The molecular formula is C23H21O2+. The molecule has 124 valence electrons. The van der Waals surface area contributed by atoms with E-state index in [-0.39, 0.29) is 0 Å². The van der Waals surface area contributed by atoms with E-state index in [0.29, 0.717) is 0 Å². The van der Waals surface area contributed by atoms with E-state index >= 15 is 0 Å². The smallest absolute Gasteiger partial charge is 0.354 e. The van der Waals surface area contributed by atoms with Gasteiger partial charge in [0.2, 0.25) is 0 Å². The lowest BCUT2D eigenvalue weighted by molar-refractivity contribution is -0.418. The second-order valence-electron chi connectivity index (χ2n) is 6.23. The third-order valence-corrected chi connectivity index (χ3v) is 4.91. The van der Waals surface area contributed by atoms with Crippen LogP contribution < -0.4 is 0 Å². The Kier molecular flexibility index (Phi) is 4.10. The maximum absolute atomic E-state index is 5.71.